The number of hydrogen-bond donors (Lipinski definition) is 0. The highest BCUT2D eigenvalue weighted by Gasteiger charge is 2.30. The van der Waals surface area contributed by atoms with E-state index in [2.05, 4.69) is 9.97 Å². The van der Waals surface area contributed by atoms with Crippen LogP contribution in [0.25, 0.3) is 6.08 Å². The quantitative estimate of drug-likeness (QED) is 0.380. The summed E-state index contributed by atoms with van der Waals surface area (Å²) in [6, 6.07) is 5.07. The molecule has 0 N–H and O–H groups in total. The topological polar surface area (TPSA) is 72.2 Å². The fourth-order valence-corrected chi connectivity index (χ4v) is 3.59. The van der Waals surface area contributed by atoms with Crippen molar-refractivity contribution in [3.05, 3.63) is 67.9 Å². The molecule has 6 nitrogen and oxygen atoms in total. The van der Waals surface area contributed by atoms with E-state index in [1.54, 1.807) is 13.0 Å². The molecule has 1 fully saturated rings. The summed E-state index contributed by atoms with van der Waals surface area (Å²) in [5.74, 6) is 0.270. The predicted octanol–water partition coefficient (Wildman–Crippen LogP) is 5.04. The van der Waals surface area contributed by atoms with Gasteiger partial charge in [-0.25, -0.2) is 9.97 Å². The molecule has 154 valence electrons. The van der Waals surface area contributed by atoms with Crippen molar-refractivity contribution < 1.29 is 18.1 Å². The Kier molecular flexibility index (Phi) is 6.07. The van der Waals surface area contributed by atoms with Crippen molar-refractivity contribution in [2.24, 2.45) is 0 Å². The van der Waals surface area contributed by atoms with E-state index in [-0.39, 0.29) is 23.1 Å². The first-order valence-electron chi connectivity index (χ1n) is 8.95. The van der Waals surface area contributed by atoms with Crippen molar-refractivity contribution in [1.82, 2.24) is 14.9 Å². The van der Waals surface area contributed by atoms with Gasteiger partial charge in [0.2, 0.25) is 5.15 Å². The Morgan fingerprint density at radius 2 is 2.00 bits per heavy atom. The molecule has 2 aromatic rings. The highest BCUT2D eigenvalue weighted by Crippen LogP contribution is 2.32. The van der Waals surface area contributed by atoms with E-state index >= 15 is 0 Å². The number of aryl methyl sites for hydroxylation is 1. The van der Waals surface area contributed by atoms with Gasteiger partial charge in [-0.15, -0.1) is 0 Å². The van der Waals surface area contributed by atoms with Gasteiger partial charge in [0.25, 0.3) is 0 Å². The number of likely N-dealkylation sites (tertiary alicyclic amines) is 1. The van der Waals surface area contributed by atoms with Crippen LogP contribution in [0.4, 0.5) is 18.9 Å². The highest BCUT2D eigenvalue weighted by atomic mass is 35.5. The van der Waals surface area contributed by atoms with Crippen LogP contribution in [-0.4, -0.2) is 32.9 Å². The van der Waals surface area contributed by atoms with Crippen LogP contribution < -0.4 is 0 Å². The van der Waals surface area contributed by atoms with Crippen LogP contribution >= 0.6 is 11.6 Å². The lowest BCUT2D eigenvalue weighted by atomic mass is 10.0. The molecule has 2 heterocycles. The average Bonchev–Trinajstić information content (AvgIpc) is 3.14. The molecule has 3 rings (SSSR count). The smallest absolute Gasteiger partial charge is 0.374 e. The monoisotopic (exact) mass is 426 g/mol. The third kappa shape index (κ3) is 5.03. The van der Waals surface area contributed by atoms with Gasteiger partial charge < -0.3 is 4.90 Å². The number of benzene rings is 1. The number of rotatable bonds is 5. The van der Waals surface area contributed by atoms with Crippen molar-refractivity contribution in [1.29, 1.82) is 0 Å². The van der Waals surface area contributed by atoms with E-state index in [1.807, 2.05) is 4.90 Å². The van der Waals surface area contributed by atoms with Gasteiger partial charge in [-0.1, -0.05) is 29.8 Å². The Bertz CT molecular complexity index is 957. The maximum atomic E-state index is 13.1. The van der Waals surface area contributed by atoms with E-state index in [0.29, 0.717) is 11.3 Å². The van der Waals surface area contributed by atoms with Crippen molar-refractivity contribution in [2.75, 3.05) is 13.1 Å². The molecule has 0 bridgehead atoms. The second-order valence-corrected chi connectivity index (χ2v) is 7.12. The fourth-order valence-electron chi connectivity index (χ4n) is 3.31. The molecule has 0 saturated carbocycles. The molecule has 0 radical (unpaired) electrons. The first-order valence-corrected chi connectivity index (χ1v) is 9.33. The molecule has 0 aliphatic carbocycles. The summed E-state index contributed by atoms with van der Waals surface area (Å²) >= 11 is 5.94. The Hall–Kier alpha value is -2.68. The van der Waals surface area contributed by atoms with Gasteiger partial charge in [0.1, 0.15) is 11.5 Å². The SMILES string of the molecule is Cc1nc(Cl)c([N+](=O)[O-])c(/C=C(/Cc2cccc(C(F)(F)F)c2)N2CCCC2)n1. The van der Waals surface area contributed by atoms with E-state index in [9.17, 15) is 23.3 Å². The molecule has 10 heteroatoms. The third-order valence-corrected chi connectivity index (χ3v) is 4.88. The number of hydrogen-bond acceptors (Lipinski definition) is 5. The molecule has 1 aliphatic heterocycles. The summed E-state index contributed by atoms with van der Waals surface area (Å²) in [6.45, 7) is 3.00. The number of halogens is 4. The van der Waals surface area contributed by atoms with Crippen molar-refractivity contribution >= 4 is 23.4 Å². The molecule has 29 heavy (non-hydrogen) atoms. The van der Waals surface area contributed by atoms with E-state index in [1.165, 1.54) is 12.1 Å². The zero-order valence-corrected chi connectivity index (χ0v) is 16.3. The zero-order valence-electron chi connectivity index (χ0n) is 15.5. The van der Waals surface area contributed by atoms with Gasteiger partial charge in [0, 0.05) is 25.2 Å². The van der Waals surface area contributed by atoms with Crippen LogP contribution in [0, 0.1) is 17.0 Å². The van der Waals surface area contributed by atoms with E-state index in [4.69, 9.17) is 11.6 Å². The van der Waals surface area contributed by atoms with Crippen LogP contribution in [0.15, 0.2) is 30.0 Å². The average molecular weight is 427 g/mol. The molecule has 1 saturated heterocycles. The van der Waals surface area contributed by atoms with Crippen LogP contribution in [0.1, 0.15) is 35.5 Å². The largest absolute Gasteiger partial charge is 0.416 e. The van der Waals surface area contributed by atoms with Gasteiger partial charge in [0.05, 0.1) is 10.5 Å². The molecular formula is C19H18ClF3N4O2. The lowest BCUT2D eigenvalue weighted by Crippen LogP contribution is -2.20. The number of alkyl halides is 3. The minimum atomic E-state index is -4.44. The second kappa shape index (κ2) is 8.36. The number of aromatic nitrogens is 2. The fraction of sp³-hybridized carbons (Fsp3) is 0.368. The lowest BCUT2D eigenvalue weighted by molar-refractivity contribution is -0.385. The van der Waals surface area contributed by atoms with Crippen LogP contribution in [0.3, 0.4) is 0 Å². The predicted molar refractivity (Wildman–Crippen MR) is 102 cm³/mol. The molecular weight excluding hydrogens is 409 g/mol. The summed E-state index contributed by atoms with van der Waals surface area (Å²) in [5, 5.41) is 11.2. The lowest BCUT2D eigenvalue weighted by Gasteiger charge is -2.22. The highest BCUT2D eigenvalue weighted by molar-refractivity contribution is 6.31. The molecule has 0 atom stereocenters. The van der Waals surface area contributed by atoms with Crippen molar-refractivity contribution in [2.45, 2.75) is 32.4 Å². The molecule has 0 amide bonds. The van der Waals surface area contributed by atoms with Gasteiger partial charge in [-0.05, 0) is 37.5 Å². The van der Waals surface area contributed by atoms with E-state index < -0.39 is 22.4 Å². The number of nitrogens with zero attached hydrogens (tertiary/aromatic N) is 4. The normalized spacial score (nSPS) is 15.1. The second-order valence-electron chi connectivity index (χ2n) is 6.76. The van der Waals surface area contributed by atoms with Crippen LogP contribution in [0.5, 0.6) is 0 Å². The minimum absolute atomic E-state index is 0.0429. The summed E-state index contributed by atoms with van der Waals surface area (Å²) in [5.41, 5.74) is -0.00125. The molecule has 1 aromatic heterocycles. The van der Waals surface area contributed by atoms with Crippen molar-refractivity contribution in [3.8, 4) is 0 Å². The molecule has 0 spiro atoms. The minimum Gasteiger partial charge on any atom is -0.374 e. The zero-order chi connectivity index (χ0) is 21.2. The summed E-state index contributed by atoms with van der Waals surface area (Å²) in [7, 11) is 0. The van der Waals surface area contributed by atoms with Crippen LogP contribution in [0.2, 0.25) is 5.15 Å². The molecule has 1 aliphatic rings. The first kappa shape index (κ1) is 21.0. The summed E-state index contributed by atoms with van der Waals surface area (Å²) < 4.78 is 39.2. The Morgan fingerprint density at radius 3 is 2.62 bits per heavy atom. The molecule has 0 unspecified atom stereocenters. The maximum absolute atomic E-state index is 13.1. The van der Waals surface area contributed by atoms with Gasteiger partial charge in [0.15, 0.2) is 0 Å². The summed E-state index contributed by atoms with van der Waals surface area (Å²) in [6.07, 6.45) is -0.854. The van der Waals surface area contributed by atoms with E-state index in [0.717, 1.165) is 38.1 Å². The first-order chi connectivity index (χ1) is 13.6. The van der Waals surface area contributed by atoms with Crippen LogP contribution in [-0.2, 0) is 12.6 Å². The van der Waals surface area contributed by atoms with Gasteiger partial charge in [-0.2, -0.15) is 13.2 Å². The van der Waals surface area contributed by atoms with Gasteiger partial charge >= 0.3 is 11.9 Å². The number of nitro groups is 1. The third-order valence-electron chi connectivity index (χ3n) is 4.62. The molecule has 1 aromatic carbocycles. The van der Waals surface area contributed by atoms with Gasteiger partial charge in [-0.3, -0.25) is 10.1 Å². The summed E-state index contributed by atoms with van der Waals surface area (Å²) in [4.78, 5) is 20.8. The standard InChI is InChI=1S/C19H18ClF3N4O2/c1-12-24-16(17(27(28)29)18(20)25-12)11-15(26-7-2-3-8-26)10-13-5-4-6-14(9-13)19(21,22)23/h4-6,9,11H,2-3,7-8,10H2,1H3/b15-11-. The Morgan fingerprint density at radius 1 is 1.31 bits per heavy atom. The van der Waals surface area contributed by atoms with Crippen molar-refractivity contribution in [3.63, 3.8) is 0 Å². The number of allylic oxidation sites excluding steroid dienone is 1. The Labute approximate surface area is 170 Å². The maximum Gasteiger partial charge on any atom is 0.416 e. The Balaban J connectivity index is 2.05.